The minimum atomic E-state index is -4.49. The SMILES string of the molecule is FC(F)(F)c1cc(N2CCNCC2)n2ncnc2n1. The summed E-state index contributed by atoms with van der Waals surface area (Å²) in [6, 6.07) is 1.02. The first-order valence-electron chi connectivity index (χ1n) is 5.79. The zero-order valence-electron chi connectivity index (χ0n) is 9.85. The van der Waals surface area contributed by atoms with Gasteiger partial charge in [0.25, 0.3) is 5.78 Å². The Morgan fingerprint density at radius 1 is 1.21 bits per heavy atom. The number of hydrogen-bond donors (Lipinski definition) is 1. The molecular formula is C10H11F3N6. The van der Waals surface area contributed by atoms with Gasteiger partial charge in [0.1, 0.15) is 12.1 Å². The second-order valence-electron chi connectivity index (χ2n) is 4.21. The zero-order valence-corrected chi connectivity index (χ0v) is 9.85. The molecule has 0 unspecified atom stereocenters. The monoisotopic (exact) mass is 272 g/mol. The van der Waals surface area contributed by atoms with Crippen molar-refractivity contribution in [2.24, 2.45) is 0 Å². The van der Waals surface area contributed by atoms with E-state index in [1.807, 2.05) is 4.90 Å². The summed E-state index contributed by atoms with van der Waals surface area (Å²) in [6.07, 6.45) is -3.29. The lowest BCUT2D eigenvalue weighted by Gasteiger charge is -2.29. The number of alkyl halides is 3. The molecule has 1 fully saturated rings. The Kier molecular flexibility index (Phi) is 2.77. The minimum absolute atomic E-state index is 0.0386. The van der Waals surface area contributed by atoms with Gasteiger partial charge in [-0.1, -0.05) is 0 Å². The van der Waals surface area contributed by atoms with Crippen LogP contribution in [-0.2, 0) is 6.18 Å². The Balaban J connectivity index is 2.12. The number of aromatic nitrogens is 4. The number of nitrogens with zero attached hydrogens (tertiary/aromatic N) is 5. The standard InChI is InChI=1S/C10H11F3N6/c11-10(12,13)7-5-8(18-3-1-14-2-4-18)19-9(17-7)15-6-16-19/h5-6,14H,1-4H2. The van der Waals surface area contributed by atoms with Crippen molar-refractivity contribution in [3.63, 3.8) is 0 Å². The second-order valence-corrected chi connectivity index (χ2v) is 4.21. The molecule has 0 amide bonds. The summed E-state index contributed by atoms with van der Waals surface area (Å²) in [4.78, 5) is 9.07. The van der Waals surface area contributed by atoms with Crippen LogP contribution in [-0.4, -0.2) is 45.8 Å². The van der Waals surface area contributed by atoms with E-state index in [0.717, 1.165) is 19.2 Å². The lowest BCUT2D eigenvalue weighted by Crippen LogP contribution is -2.44. The Labute approximate surface area is 106 Å². The summed E-state index contributed by atoms with van der Waals surface area (Å²) in [5.74, 6) is 0.333. The third-order valence-electron chi connectivity index (χ3n) is 2.96. The lowest BCUT2D eigenvalue weighted by molar-refractivity contribution is -0.141. The van der Waals surface area contributed by atoms with Crippen LogP contribution in [0.2, 0.25) is 0 Å². The average Bonchev–Trinajstić information content (AvgIpc) is 2.85. The first kappa shape index (κ1) is 12.2. The van der Waals surface area contributed by atoms with Crippen molar-refractivity contribution in [3.8, 4) is 0 Å². The molecule has 0 saturated carbocycles. The quantitative estimate of drug-likeness (QED) is 0.821. The smallest absolute Gasteiger partial charge is 0.354 e. The lowest BCUT2D eigenvalue weighted by atomic mass is 10.3. The number of halogens is 3. The number of nitrogens with one attached hydrogen (secondary N) is 1. The summed E-state index contributed by atoms with van der Waals surface area (Å²) >= 11 is 0. The molecule has 1 saturated heterocycles. The summed E-state index contributed by atoms with van der Waals surface area (Å²) in [6.45, 7) is 2.69. The fourth-order valence-corrected chi connectivity index (χ4v) is 2.06. The number of anilines is 1. The maximum absolute atomic E-state index is 12.8. The van der Waals surface area contributed by atoms with Crippen LogP contribution in [0.3, 0.4) is 0 Å². The number of hydrogen-bond acceptors (Lipinski definition) is 5. The van der Waals surface area contributed by atoms with Crippen LogP contribution in [0.5, 0.6) is 0 Å². The van der Waals surface area contributed by atoms with Gasteiger partial charge < -0.3 is 10.2 Å². The third kappa shape index (κ3) is 2.21. The van der Waals surface area contributed by atoms with Crippen LogP contribution < -0.4 is 10.2 Å². The molecule has 2 aromatic rings. The summed E-state index contributed by atoms with van der Waals surface area (Å²) in [7, 11) is 0. The van der Waals surface area contributed by atoms with Crippen LogP contribution >= 0.6 is 0 Å². The molecule has 3 rings (SSSR count). The Hall–Kier alpha value is -1.90. The van der Waals surface area contributed by atoms with E-state index in [9.17, 15) is 13.2 Å². The predicted octanol–water partition coefficient (Wildman–Crippen LogP) is 0.553. The van der Waals surface area contributed by atoms with Crippen molar-refractivity contribution < 1.29 is 13.2 Å². The Morgan fingerprint density at radius 3 is 2.63 bits per heavy atom. The van der Waals surface area contributed by atoms with Crippen molar-refractivity contribution in [3.05, 3.63) is 18.1 Å². The van der Waals surface area contributed by atoms with Gasteiger partial charge in [-0.3, -0.25) is 0 Å². The minimum Gasteiger partial charge on any atom is -0.354 e. The highest BCUT2D eigenvalue weighted by Crippen LogP contribution is 2.30. The number of rotatable bonds is 1. The molecule has 0 aliphatic carbocycles. The first-order valence-corrected chi connectivity index (χ1v) is 5.79. The fraction of sp³-hybridized carbons (Fsp3) is 0.500. The second kappa shape index (κ2) is 4.34. The van der Waals surface area contributed by atoms with Crippen LogP contribution in [0.1, 0.15) is 5.69 Å². The largest absolute Gasteiger partial charge is 0.433 e. The molecule has 0 bridgehead atoms. The van der Waals surface area contributed by atoms with E-state index in [4.69, 9.17) is 0 Å². The van der Waals surface area contributed by atoms with Crippen molar-refractivity contribution >= 4 is 11.6 Å². The molecule has 1 aliphatic heterocycles. The van der Waals surface area contributed by atoms with Crippen LogP contribution in [0.25, 0.3) is 5.78 Å². The predicted molar refractivity (Wildman–Crippen MR) is 60.9 cm³/mol. The van der Waals surface area contributed by atoms with Crippen LogP contribution in [0.4, 0.5) is 19.0 Å². The van der Waals surface area contributed by atoms with Crippen LogP contribution in [0.15, 0.2) is 12.4 Å². The van der Waals surface area contributed by atoms with Gasteiger partial charge in [-0.15, -0.1) is 0 Å². The summed E-state index contributed by atoms with van der Waals surface area (Å²) < 4.78 is 39.8. The zero-order chi connectivity index (χ0) is 13.5. The molecule has 2 aromatic heterocycles. The third-order valence-corrected chi connectivity index (χ3v) is 2.96. The molecule has 3 heterocycles. The highest BCUT2D eigenvalue weighted by molar-refractivity contribution is 5.48. The van der Waals surface area contributed by atoms with E-state index < -0.39 is 11.9 Å². The van der Waals surface area contributed by atoms with E-state index >= 15 is 0 Å². The maximum Gasteiger partial charge on any atom is 0.433 e. The molecule has 0 spiro atoms. The summed E-state index contributed by atoms with van der Waals surface area (Å²) in [5.41, 5.74) is -0.943. The average molecular weight is 272 g/mol. The summed E-state index contributed by atoms with van der Waals surface area (Å²) in [5, 5.41) is 7.08. The molecular weight excluding hydrogens is 261 g/mol. The molecule has 0 radical (unpaired) electrons. The maximum atomic E-state index is 12.8. The molecule has 102 valence electrons. The Morgan fingerprint density at radius 2 is 1.95 bits per heavy atom. The van der Waals surface area contributed by atoms with E-state index in [1.165, 1.54) is 10.8 Å². The molecule has 6 nitrogen and oxygen atoms in total. The number of piperazine rings is 1. The van der Waals surface area contributed by atoms with Crippen molar-refractivity contribution in [2.75, 3.05) is 31.1 Å². The topological polar surface area (TPSA) is 58.4 Å². The van der Waals surface area contributed by atoms with E-state index in [1.54, 1.807) is 0 Å². The van der Waals surface area contributed by atoms with Gasteiger partial charge in [0.05, 0.1) is 0 Å². The number of fused-ring (bicyclic) bond motifs is 1. The molecule has 1 N–H and O–H groups in total. The Bertz CT molecular complexity index is 586. The highest BCUT2D eigenvalue weighted by Gasteiger charge is 2.34. The van der Waals surface area contributed by atoms with Crippen molar-refractivity contribution in [1.29, 1.82) is 0 Å². The van der Waals surface area contributed by atoms with Crippen molar-refractivity contribution in [2.45, 2.75) is 6.18 Å². The van der Waals surface area contributed by atoms with Gasteiger partial charge in [-0.25, -0.2) is 4.98 Å². The van der Waals surface area contributed by atoms with Gasteiger partial charge in [0.15, 0.2) is 5.69 Å². The fourth-order valence-electron chi connectivity index (χ4n) is 2.06. The van der Waals surface area contributed by atoms with E-state index in [0.29, 0.717) is 18.9 Å². The molecule has 19 heavy (non-hydrogen) atoms. The molecule has 0 aromatic carbocycles. The van der Waals surface area contributed by atoms with Gasteiger partial charge in [-0.2, -0.15) is 27.8 Å². The van der Waals surface area contributed by atoms with Gasteiger partial charge in [-0.05, 0) is 0 Å². The van der Waals surface area contributed by atoms with Gasteiger partial charge in [0, 0.05) is 32.2 Å². The molecule has 1 aliphatic rings. The normalized spacial score (nSPS) is 17.1. The van der Waals surface area contributed by atoms with Crippen molar-refractivity contribution in [1.82, 2.24) is 24.9 Å². The van der Waals surface area contributed by atoms with E-state index in [2.05, 4.69) is 20.4 Å². The molecule has 9 heteroatoms. The highest BCUT2D eigenvalue weighted by atomic mass is 19.4. The van der Waals surface area contributed by atoms with Gasteiger partial charge in [0.2, 0.25) is 0 Å². The van der Waals surface area contributed by atoms with E-state index in [-0.39, 0.29) is 5.78 Å². The van der Waals surface area contributed by atoms with Gasteiger partial charge >= 0.3 is 6.18 Å². The van der Waals surface area contributed by atoms with Crippen LogP contribution in [0, 0.1) is 0 Å². The first-order chi connectivity index (χ1) is 9.05. The molecule has 0 atom stereocenters.